The van der Waals surface area contributed by atoms with E-state index in [0.717, 1.165) is 0 Å². The Kier molecular flexibility index (Phi) is 6.02. The minimum atomic E-state index is -4.81. The van der Waals surface area contributed by atoms with Crippen LogP contribution in [0.4, 0.5) is 22.0 Å². The maximum Gasteiger partial charge on any atom is 0.360 e. The van der Waals surface area contributed by atoms with Crippen molar-refractivity contribution in [2.75, 3.05) is 7.11 Å². The van der Waals surface area contributed by atoms with Gasteiger partial charge in [0.1, 0.15) is 5.75 Å². The predicted octanol–water partition coefficient (Wildman–Crippen LogP) is 3.58. The summed E-state index contributed by atoms with van der Waals surface area (Å²) in [4.78, 5) is 9.64. The van der Waals surface area contributed by atoms with Gasteiger partial charge in [0.25, 0.3) is 0 Å². The number of hydrogen-bond donors (Lipinski definition) is 0. The van der Waals surface area contributed by atoms with Crippen molar-refractivity contribution in [1.82, 2.24) is 0 Å². The topological polar surface area (TPSA) is 86.5 Å². The van der Waals surface area contributed by atoms with E-state index < -0.39 is 60.2 Å². The van der Waals surface area contributed by atoms with Crippen LogP contribution >= 0.6 is 0 Å². The largest absolute Gasteiger partial charge is 0.497 e. The van der Waals surface area contributed by atoms with E-state index in [9.17, 15) is 40.5 Å². The molecule has 0 radical (unpaired) electrons. The molecule has 0 fully saturated rings. The zero-order chi connectivity index (χ0) is 21.2. The Morgan fingerprint density at radius 1 is 1.00 bits per heavy atom. The number of methoxy groups -OCH3 is 1. The van der Waals surface area contributed by atoms with Crippen LogP contribution in [0.3, 0.4) is 0 Å². The molecule has 2 aromatic rings. The predicted molar refractivity (Wildman–Crippen MR) is 86.8 cm³/mol. The smallest absolute Gasteiger partial charge is 0.360 e. The normalized spacial score (nSPS) is 12.1. The van der Waals surface area contributed by atoms with Crippen LogP contribution in [0.2, 0.25) is 0 Å². The van der Waals surface area contributed by atoms with E-state index in [1.807, 2.05) is 0 Å². The molecule has 0 aliphatic heterocycles. The Hall–Kier alpha value is -3.02. The highest BCUT2D eigenvalue weighted by Crippen LogP contribution is 2.27. The Labute approximate surface area is 154 Å². The van der Waals surface area contributed by atoms with Gasteiger partial charge in [-0.15, -0.1) is 0 Å². The van der Waals surface area contributed by atoms with Gasteiger partial charge < -0.3 is 4.74 Å². The summed E-state index contributed by atoms with van der Waals surface area (Å²) in [7, 11) is -3.46. The first-order valence-electron chi connectivity index (χ1n) is 7.22. The molecule has 0 unspecified atom stereocenters. The number of rotatable bonds is 6. The molecule has 0 spiro atoms. The summed E-state index contributed by atoms with van der Waals surface area (Å²) in [5.41, 5.74) is -1.67. The van der Waals surface area contributed by atoms with E-state index in [2.05, 4.69) is 0 Å². The third kappa shape index (κ3) is 4.11. The molecule has 6 nitrogen and oxygen atoms in total. The second-order valence-corrected chi connectivity index (χ2v) is 7.27. The lowest BCUT2D eigenvalue weighted by molar-refractivity contribution is -0.410. The van der Waals surface area contributed by atoms with Crippen molar-refractivity contribution in [1.29, 1.82) is 0 Å². The number of benzene rings is 2. The molecular formula is C16H10F5NO5S. The van der Waals surface area contributed by atoms with E-state index in [-0.39, 0.29) is 11.6 Å². The number of halogens is 5. The van der Waals surface area contributed by atoms with Crippen LogP contribution in [-0.4, -0.2) is 20.5 Å². The summed E-state index contributed by atoms with van der Waals surface area (Å²) in [6.07, 6.45) is -0.199. The van der Waals surface area contributed by atoms with Crippen LogP contribution in [-0.2, 0) is 15.6 Å². The molecule has 2 aromatic carbocycles. The molecule has 0 heterocycles. The summed E-state index contributed by atoms with van der Waals surface area (Å²) in [5.74, 6) is -12.6. The first-order valence-corrected chi connectivity index (χ1v) is 8.88. The standard InChI is InChI=1S/C16H10F5NO5S/c1-27-9-4-2-8(3-5-9)7-28(25,26)11(22(23)24)6-10-12(17)14(19)16(21)15(20)13(10)18/h2-6H,7H2,1H3/b11-6-. The third-order valence-corrected chi connectivity index (χ3v) is 5.14. The van der Waals surface area contributed by atoms with Gasteiger partial charge >= 0.3 is 5.03 Å². The van der Waals surface area contributed by atoms with Gasteiger partial charge in [-0.2, -0.15) is 0 Å². The minimum absolute atomic E-state index is 0.0611. The van der Waals surface area contributed by atoms with Crippen LogP contribution in [0.1, 0.15) is 11.1 Å². The maximum atomic E-state index is 13.7. The Morgan fingerprint density at radius 3 is 1.89 bits per heavy atom. The molecule has 0 N–H and O–H groups in total. The fourth-order valence-corrected chi connectivity index (χ4v) is 3.45. The highest BCUT2D eigenvalue weighted by molar-refractivity contribution is 7.94. The van der Waals surface area contributed by atoms with E-state index in [0.29, 0.717) is 5.75 Å². The fourth-order valence-electron chi connectivity index (χ4n) is 2.14. The number of sulfone groups is 1. The molecule has 150 valence electrons. The summed E-state index contributed by atoms with van der Waals surface area (Å²) in [6, 6.07) is 5.27. The second kappa shape index (κ2) is 7.92. The second-order valence-electron chi connectivity index (χ2n) is 5.33. The first kappa shape index (κ1) is 21.3. The van der Waals surface area contributed by atoms with Gasteiger partial charge in [-0.25, -0.2) is 30.4 Å². The Bertz CT molecular complexity index is 1040. The highest BCUT2D eigenvalue weighted by atomic mass is 32.2. The number of ether oxygens (including phenoxy) is 1. The van der Waals surface area contributed by atoms with Gasteiger partial charge in [-0.1, -0.05) is 12.1 Å². The van der Waals surface area contributed by atoms with Crippen molar-refractivity contribution in [2.24, 2.45) is 0 Å². The van der Waals surface area contributed by atoms with Gasteiger partial charge in [-0.3, -0.25) is 10.1 Å². The lowest BCUT2D eigenvalue weighted by atomic mass is 10.1. The van der Waals surface area contributed by atoms with Crippen molar-refractivity contribution < 1.29 is 40.0 Å². The molecule has 0 bridgehead atoms. The number of nitrogens with zero attached hydrogens (tertiary/aromatic N) is 1. The molecule has 0 aromatic heterocycles. The monoisotopic (exact) mass is 423 g/mol. The Morgan fingerprint density at radius 2 is 1.46 bits per heavy atom. The molecular weight excluding hydrogens is 413 g/mol. The van der Waals surface area contributed by atoms with E-state index in [1.54, 1.807) is 0 Å². The van der Waals surface area contributed by atoms with Crippen LogP contribution < -0.4 is 4.74 Å². The quantitative estimate of drug-likeness (QED) is 0.233. The molecule has 2 rings (SSSR count). The molecule has 0 amide bonds. The fraction of sp³-hybridized carbons (Fsp3) is 0.125. The van der Waals surface area contributed by atoms with E-state index >= 15 is 0 Å². The summed E-state index contributed by atoms with van der Waals surface area (Å²) in [5, 5.41) is 9.40. The van der Waals surface area contributed by atoms with Gasteiger partial charge in [0.05, 0.1) is 23.3 Å². The summed E-state index contributed by atoms with van der Waals surface area (Å²) in [6.45, 7) is 0. The SMILES string of the molecule is COc1ccc(CS(=O)(=O)/C(=C\c2c(F)c(F)c(F)c(F)c2F)[N+](=O)[O-])cc1. The van der Waals surface area contributed by atoms with Gasteiger partial charge in [0, 0.05) is 6.08 Å². The average molecular weight is 423 g/mol. The van der Waals surface area contributed by atoms with Gasteiger partial charge in [-0.05, 0) is 17.7 Å². The molecule has 0 saturated heterocycles. The van der Waals surface area contributed by atoms with Crippen molar-refractivity contribution >= 4 is 15.9 Å². The Balaban J connectivity index is 2.57. The minimum Gasteiger partial charge on any atom is -0.497 e. The van der Waals surface area contributed by atoms with Crippen LogP contribution in [0, 0.1) is 39.2 Å². The van der Waals surface area contributed by atoms with Crippen molar-refractivity contribution in [3.63, 3.8) is 0 Å². The molecule has 12 heteroatoms. The number of nitro groups is 1. The summed E-state index contributed by atoms with van der Waals surface area (Å²) < 4.78 is 96.5. The van der Waals surface area contributed by atoms with Crippen LogP contribution in [0.5, 0.6) is 5.75 Å². The molecule has 0 saturated carbocycles. The third-order valence-electron chi connectivity index (χ3n) is 3.53. The number of hydrogen-bond acceptors (Lipinski definition) is 5. The van der Waals surface area contributed by atoms with Crippen LogP contribution in [0.25, 0.3) is 6.08 Å². The van der Waals surface area contributed by atoms with Crippen LogP contribution in [0.15, 0.2) is 29.3 Å². The first-order chi connectivity index (χ1) is 13.0. The summed E-state index contributed by atoms with van der Waals surface area (Å²) >= 11 is 0. The molecule has 0 atom stereocenters. The lowest BCUT2D eigenvalue weighted by Crippen LogP contribution is -2.15. The van der Waals surface area contributed by atoms with Crippen molar-refractivity contribution in [3.05, 3.63) is 79.6 Å². The zero-order valence-corrected chi connectivity index (χ0v) is 14.7. The van der Waals surface area contributed by atoms with Crippen molar-refractivity contribution in [2.45, 2.75) is 5.75 Å². The molecule has 28 heavy (non-hydrogen) atoms. The van der Waals surface area contributed by atoms with E-state index in [1.165, 1.54) is 31.4 Å². The zero-order valence-electron chi connectivity index (χ0n) is 13.9. The highest BCUT2D eigenvalue weighted by Gasteiger charge is 2.33. The van der Waals surface area contributed by atoms with Gasteiger partial charge in [0.2, 0.25) is 15.7 Å². The van der Waals surface area contributed by atoms with Crippen molar-refractivity contribution in [3.8, 4) is 5.75 Å². The molecule has 0 aliphatic carbocycles. The molecule has 0 aliphatic rings. The average Bonchev–Trinajstić information content (AvgIpc) is 2.64. The van der Waals surface area contributed by atoms with Gasteiger partial charge in [0.15, 0.2) is 23.3 Å². The maximum absolute atomic E-state index is 13.7. The van der Waals surface area contributed by atoms with E-state index in [4.69, 9.17) is 4.74 Å². The lowest BCUT2D eigenvalue weighted by Gasteiger charge is -2.06.